The minimum Gasteiger partial charge on any atom is -0.381 e. The van der Waals surface area contributed by atoms with Crippen LogP contribution >= 0.6 is 0 Å². The zero-order valence-electron chi connectivity index (χ0n) is 10.8. The molecule has 0 radical (unpaired) electrons. The first-order chi connectivity index (χ1) is 7.66. The Kier molecular flexibility index (Phi) is 10.5. The fourth-order valence-electron chi connectivity index (χ4n) is 1.19. The first kappa shape index (κ1) is 15.4. The van der Waals surface area contributed by atoms with Gasteiger partial charge in [0.2, 0.25) is 5.91 Å². The molecule has 2 N–H and O–H groups in total. The Morgan fingerprint density at radius 2 is 2.06 bits per heavy atom. The van der Waals surface area contributed by atoms with Crippen molar-refractivity contribution in [2.45, 2.75) is 33.6 Å². The lowest BCUT2D eigenvalue weighted by molar-refractivity contribution is -0.121. The van der Waals surface area contributed by atoms with E-state index in [1.807, 2.05) is 6.92 Å². The molecule has 4 nitrogen and oxygen atoms in total. The molecular formula is C12H26N2O2. The molecule has 0 aliphatic carbocycles. The lowest BCUT2D eigenvalue weighted by Gasteiger charge is -2.07. The van der Waals surface area contributed by atoms with Crippen LogP contribution in [0.5, 0.6) is 0 Å². The number of carbonyl (C=O) groups is 1. The monoisotopic (exact) mass is 230 g/mol. The standard InChI is InChI=1S/C12H26N2O2/c1-4-13-8-6-12(15)14-7-5-9-16-10-11(2)3/h11,13H,4-10H2,1-3H3,(H,14,15). The van der Waals surface area contributed by atoms with Crippen LogP contribution in [0.1, 0.15) is 33.6 Å². The zero-order chi connectivity index (χ0) is 12.2. The Balaban J connectivity index is 3.15. The molecule has 0 aromatic heterocycles. The van der Waals surface area contributed by atoms with Gasteiger partial charge in [-0.2, -0.15) is 0 Å². The van der Waals surface area contributed by atoms with Crippen LogP contribution in [0.4, 0.5) is 0 Å². The molecule has 0 saturated heterocycles. The van der Waals surface area contributed by atoms with Crippen molar-refractivity contribution in [2.24, 2.45) is 5.92 Å². The quantitative estimate of drug-likeness (QED) is 0.554. The topological polar surface area (TPSA) is 50.4 Å². The molecule has 1 amide bonds. The van der Waals surface area contributed by atoms with E-state index in [9.17, 15) is 4.79 Å². The van der Waals surface area contributed by atoms with Gasteiger partial charge in [-0.15, -0.1) is 0 Å². The van der Waals surface area contributed by atoms with E-state index in [1.165, 1.54) is 0 Å². The van der Waals surface area contributed by atoms with Crippen LogP contribution in [-0.2, 0) is 9.53 Å². The maximum atomic E-state index is 11.3. The molecule has 0 aliphatic heterocycles. The fourth-order valence-corrected chi connectivity index (χ4v) is 1.19. The smallest absolute Gasteiger partial charge is 0.221 e. The Morgan fingerprint density at radius 3 is 2.69 bits per heavy atom. The summed E-state index contributed by atoms with van der Waals surface area (Å²) in [6.07, 6.45) is 1.44. The van der Waals surface area contributed by atoms with Gasteiger partial charge in [0.15, 0.2) is 0 Å². The van der Waals surface area contributed by atoms with Crippen molar-refractivity contribution < 1.29 is 9.53 Å². The fraction of sp³-hybridized carbons (Fsp3) is 0.917. The molecule has 0 atom stereocenters. The van der Waals surface area contributed by atoms with Gasteiger partial charge in [-0.05, 0) is 18.9 Å². The van der Waals surface area contributed by atoms with Crippen LogP contribution in [-0.4, -0.2) is 38.8 Å². The van der Waals surface area contributed by atoms with Crippen molar-refractivity contribution in [1.82, 2.24) is 10.6 Å². The number of nitrogens with one attached hydrogen (secondary N) is 2. The highest BCUT2D eigenvalue weighted by Gasteiger charge is 1.99. The Bertz CT molecular complexity index is 172. The third kappa shape index (κ3) is 11.5. The van der Waals surface area contributed by atoms with Gasteiger partial charge >= 0.3 is 0 Å². The molecule has 0 bridgehead atoms. The average Bonchev–Trinajstić information content (AvgIpc) is 2.23. The van der Waals surface area contributed by atoms with Gasteiger partial charge in [-0.1, -0.05) is 20.8 Å². The summed E-state index contributed by atoms with van der Waals surface area (Å²) in [4.78, 5) is 11.3. The second kappa shape index (κ2) is 10.9. The zero-order valence-corrected chi connectivity index (χ0v) is 10.8. The molecule has 0 aromatic carbocycles. The lowest BCUT2D eigenvalue weighted by atomic mass is 10.2. The highest BCUT2D eigenvalue weighted by atomic mass is 16.5. The van der Waals surface area contributed by atoms with Gasteiger partial charge in [-0.25, -0.2) is 0 Å². The Labute approximate surface area is 99.1 Å². The van der Waals surface area contributed by atoms with Crippen LogP contribution in [0.25, 0.3) is 0 Å². The second-order valence-electron chi connectivity index (χ2n) is 4.28. The van der Waals surface area contributed by atoms with Crippen LogP contribution in [0.2, 0.25) is 0 Å². The SMILES string of the molecule is CCNCCC(=O)NCCCOCC(C)C. The summed E-state index contributed by atoms with van der Waals surface area (Å²) >= 11 is 0. The highest BCUT2D eigenvalue weighted by Crippen LogP contribution is 1.92. The predicted molar refractivity (Wildman–Crippen MR) is 66.4 cm³/mol. The summed E-state index contributed by atoms with van der Waals surface area (Å²) in [5.74, 6) is 0.694. The van der Waals surface area contributed by atoms with Gasteiger partial charge in [-0.3, -0.25) is 4.79 Å². The maximum Gasteiger partial charge on any atom is 0.221 e. The van der Waals surface area contributed by atoms with Gasteiger partial charge in [0.1, 0.15) is 0 Å². The predicted octanol–water partition coefficient (Wildman–Crippen LogP) is 1.16. The van der Waals surface area contributed by atoms with Crippen LogP contribution < -0.4 is 10.6 Å². The minimum atomic E-state index is 0.116. The molecule has 0 heterocycles. The summed E-state index contributed by atoms with van der Waals surface area (Å²) in [5.41, 5.74) is 0. The number of rotatable bonds is 10. The molecule has 0 saturated carbocycles. The number of ether oxygens (including phenoxy) is 1. The average molecular weight is 230 g/mol. The highest BCUT2D eigenvalue weighted by molar-refractivity contribution is 5.75. The van der Waals surface area contributed by atoms with Crippen molar-refractivity contribution in [3.05, 3.63) is 0 Å². The molecule has 0 spiro atoms. The summed E-state index contributed by atoms with van der Waals surface area (Å²) < 4.78 is 5.41. The van der Waals surface area contributed by atoms with E-state index in [1.54, 1.807) is 0 Å². The van der Waals surface area contributed by atoms with Crippen molar-refractivity contribution in [3.8, 4) is 0 Å². The number of carbonyl (C=O) groups excluding carboxylic acids is 1. The second-order valence-corrected chi connectivity index (χ2v) is 4.28. The summed E-state index contributed by atoms with van der Waals surface area (Å²) in [5, 5.41) is 5.99. The normalized spacial score (nSPS) is 10.8. The van der Waals surface area contributed by atoms with E-state index < -0.39 is 0 Å². The molecule has 0 aromatic rings. The van der Waals surface area contributed by atoms with Crippen LogP contribution in [0.15, 0.2) is 0 Å². The molecule has 0 unspecified atom stereocenters. The number of hydrogen-bond acceptors (Lipinski definition) is 3. The van der Waals surface area contributed by atoms with E-state index in [0.29, 0.717) is 18.9 Å². The Hall–Kier alpha value is -0.610. The van der Waals surface area contributed by atoms with Gasteiger partial charge in [0.05, 0.1) is 0 Å². The molecule has 0 fully saturated rings. The van der Waals surface area contributed by atoms with Crippen molar-refractivity contribution in [1.29, 1.82) is 0 Å². The first-order valence-corrected chi connectivity index (χ1v) is 6.22. The van der Waals surface area contributed by atoms with E-state index >= 15 is 0 Å². The maximum absolute atomic E-state index is 11.3. The van der Waals surface area contributed by atoms with Crippen molar-refractivity contribution in [2.75, 3.05) is 32.8 Å². The minimum absolute atomic E-state index is 0.116. The first-order valence-electron chi connectivity index (χ1n) is 6.22. The van der Waals surface area contributed by atoms with E-state index in [-0.39, 0.29) is 5.91 Å². The molecule has 0 rings (SSSR count). The van der Waals surface area contributed by atoms with E-state index in [0.717, 1.165) is 32.7 Å². The van der Waals surface area contributed by atoms with E-state index in [2.05, 4.69) is 24.5 Å². The van der Waals surface area contributed by atoms with Gasteiger partial charge < -0.3 is 15.4 Å². The van der Waals surface area contributed by atoms with Crippen molar-refractivity contribution >= 4 is 5.91 Å². The van der Waals surface area contributed by atoms with Crippen LogP contribution in [0, 0.1) is 5.92 Å². The molecule has 16 heavy (non-hydrogen) atoms. The number of amides is 1. The van der Waals surface area contributed by atoms with E-state index in [4.69, 9.17) is 4.74 Å². The summed E-state index contributed by atoms with van der Waals surface area (Å²) in [7, 11) is 0. The summed E-state index contributed by atoms with van der Waals surface area (Å²) in [6, 6.07) is 0. The largest absolute Gasteiger partial charge is 0.381 e. The van der Waals surface area contributed by atoms with Crippen molar-refractivity contribution in [3.63, 3.8) is 0 Å². The van der Waals surface area contributed by atoms with Gasteiger partial charge in [0.25, 0.3) is 0 Å². The van der Waals surface area contributed by atoms with Crippen LogP contribution in [0.3, 0.4) is 0 Å². The summed E-state index contributed by atoms with van der Waals surface area (Å²) in [6.45, 7) is 10.2. The molecule has 96 valence electrons. The molecular weight excluding hydrogens is 204 g/mol. The lowest BCUT2D eigenvalue weighted by Crippen LogP contribution is -2.28. The molecule has 4 heteroatoms. The third-order valence-electron chi connectivity index (χ3n) is 2.02. The van der Waals surface area contributed by atoms with Gasteiger partial charge in [0, 0.05) is 32.7 Å². The Morgan fingerprint density at radius 1 is 1.31 bits per heavy atom. The molecule has 0 aliphatic rings. The third-order valence-corrected chi connectivity index (χ3v) is 2.02. The number of hydrogen-bond donors (Lipinski definition) is 2.